The maximum Gasteiger partial charge on any atom is 0.233 e. The molecule has 0 bridgehead atoms. The average molecular weight is 283 g/mol. The van der Waals surface area contributed by atoms with Crippen molar-refractivity contribution in [2.24, 2.45) is 0 Å². The Morgan fingerprint density at radius 3 is 2.45 bits per heavy atom. The second-order valence-electron chi connectivity index (χ2n) is 7.08. The molecule has 1 aliphatic carbocycles. The number of hydrogen-bond acceptors (Lipinski definition) is 3. The van der Waals surface area contributed by atoms with Gasteiger partial charge in [-0.3, -0.25) is 4.79 Å². The van der Waals surface area contributed by atoms with Gasteiger partial charge in [0.1, 0.15) is 0 Å². The smallest absolute Gasteiger partial charge is 0.233 e. The monoisotopic (exact) mass is 283 g/mol. The van der Waals surface area contributed by atoms with Crippen LogP contribution in [-0.4, -0.2) is 49.1 Å². The summed E-state index contributed by atoms with van der Waals surface area (Å²) in [4.78, 5) is 14.1. The topological polar surface area (TPSA) is 44.4 Å². The molecule has 1 rings (SSSR count). The summed E-state index contributed by atoms with van der Waals surface area (Å²) in [5.41, 5.74) is -0.00145. The van der Waals surface area contributed by atoms with Gasteiger partial charge in [-0.25, -0.2) is 0 Å². The highest BCUT2D eigenvalue weighted by atomic mass is 16.1. The molecule has 0 aromatic rings. The van der Waals surface area contributed by atoms with Crippen molar-refractivity contribution in [1.82, 2.24) is 15.5 Å². The summed E-state index contributed by atoms with van der Waals surface area (Å²) < 4.78 is 0. The van der Waals surface area contributed by atoms with Crippen molar-refractivity contribution < 1.29 is 4.79 Å². The lowest BCUT2D eigenvalue weighted by Gasteiger charge is -2.31. The Bertz CT molecular complexity index is 280. The molecular weight excluding hydrogens is 250 g/mol. The van der Waals surface area contributed by atoms with Gasteiger partial charge < -0.3 is 15.5 Å². The zero-order chi connectivity index (χ0) is 15.0. The molecule has 1 saturated carbocycles. The fraction of sp³-hybridized carbons (Fsp3) is 0.938. The lowest BCUT2D eigenvalue weighted by atomic mass is 9.94. The lowest BCUT2D eigenvalue weighted by Crippen LogP contribution is -2.43. The van der Waals surface area contributed by atoms with E-state index in [1.54, 1.807) is 0 Å². The zero-order valence-electron chi connectivity index (χ0n) is 13.8. The summed E-state index contributed by atoms with van der Waals surface area (Å²) in [6.45, 7) is 8.47. The van der Waals surface area contributed by atoms with Crippen LogP contribution in [0.2, 0.25) is 0 Å². The van der Waals surface area contributed by atoms with Crippen molar-refractivity contribution in [3.63, 3.8) is 0 Å². The van der Waals surface area contributed by atoms with E-state index in [1.807, 2.05) is 0 Å². The minimum Gasteiger partial charge on any atom is -0.355 e. The third-order valence-corrected chi connectivity index (χ3v) is 3.99. The highest BCUT2D eigenvalue weighted by Crippen LogP contribution is 2.21. The van der Waals surface area contributed by atoms with Crippen molar-refractivity contribution in [2.75, 3.05) is 26.7 Å². The predicted octanol–water partition coefficient (Wildman–Crippen LogP) is 2.15. The number of carbonyl (C=O) groups excluding carboxylic acids is 1. The first-order chi connectivity index (χ1) is 9.38. The van der Waals surface area contributed by atoms with E-state index in [4.69, 9.17) is 0 Å². The van der Waals surface area contributed by atoms with Crippen molar-refractivity contribution in [3.8, 4) is 0 Å². The van der Waals surface area contributed by atoms with Crippen LogP contribution in [-0.2, 0) is 4.79 Å². The first-order valence-electron chi connectivity index (χ1n) is 8.10. The summed E-state index contributed by atoms with van der Waals surface area (Å²) in [6.07, 6.45) is 7.89. The number of nitrogens with zero attached hydrogens (tertiary/aromatic N) is 1. The summed E-state index contributed by atoms with van der Waals surface area (Å²) in [5.74, 6) is 0.0974. The van der Waals surface area contributed by atoms with Crippen LogP contribution in [0.25, 0.3) is 0 Å². The van der Waals surface area contributed by atoms with Crippen LogP contribution in [0.1, 0.15) is 59.3 Å². The summed E-state index contributed by atoms with van der Waals surface area (Å²) >= 11 is 0. The molecular formula is C16H33N3O. The molecule has 20 heavy (non-hydrogen) atoms. The molecule has 0 heterocycles. The van der Waals surface area contributed by atoms with Crippen LogP contribution in [0.5, 0.6) is 0 Å². The van der Waals surface area contributed by atoms with Gasteiger partial charge >= 0.3 is 0 Å². The summed E-state index contributed by atoms with van der Waals surface area (Å²) in [7, 11) is 2.22. The Morgan fingerprint density at radius 2 is 1.85 bits per heavy atom. The lowest BCUT2D eigenvalue weighted by molar-refractivity contribution is -0.120. The van der Waals surface area contributed by atoms with E-state index in [2.05, 4.69) is 43.4 Å². The molecule has 4 heteroatoms. The van der Waals surface area contributed by atoms with E-state index in [-0.39, 0.29) is 11.4 Å². The molecule has 0 saturated heterocycles. The molecule has 1 fully saturated rings. The molecule has 2 N–H and O–H groups in total. The number of nitrogens with one attached hydrogen (secondary N) is 2. The van der Waals surface area contributed by atoms with Crippen molar-refractivity contribution in [3.05, 3.63) is 0 Å². The Balaban J connectivity index is 2.04. The third-order valence-electron chi connectivity index (χ3n) is 3.99. The van der Waals surface area contributed by atoms with E-state index in [0.717, 1.165) is 25.6 Å². The largest absolute Gasteiger partial charge is 0.355 e. The van der Waals surface area contributed by atoms with Gasteiger partial charge in [-0.2, -0.15) is 0 Å². The summed E-state index contributed by atoms with van der Waals surface area (Å²) in [5, 5.41) is 6.19. The predicted molar refractivity (Wildman–Crippen MR) is 84.9 cm³/mol. The van der Waals surface area contributed by atoms with Gasteiger partial charge in [-0.15, -0.1) is 0 Å². The van der Waals surface area contributed by atoms with Gasteiger partial charge in [0.15, 0.2) is 0 Å². The van der Waals surface area contributed by atoms with E-state index in [9.17, 15) is 4.79 Å². The average Bonchev–Trinajstić information content (AvgIpc) is 2.41. The van der Waals surface area contributed by atoms with E-state index in [1.165, 1.54) is 32.1 Å². The van der Waals surface area contributed by atoms with E-state index in [0.29, 0.717) is 6.54 Å². The van der Waals surface area contributed by atoms with Crippen molar-refractivity contribution in [2.45, 2.75) is 70.9 Å². The molecule has 0 unspecified atom stereocenters. The first kappa shape index (κ1) is 17.4. The maximum absolute atomic E-state index is 11.6. The van der Waals surface area contributed by atoms with E-state index >= 15 is 0 Å². The second kappa shape index (κ2) is 8.63. The molecule has 118 valence electrons. The van der Waals surface area contributed by atoms with E-state index < -0.39 is 0 Å². The molecule has 0 aromatic heterocycles. The van der Waals surface area contributed by atoms with Crippen LogP contribution >= 0.6 is 0 Å². The second-order valence-corrected chi connectivity index (χ2v) is 7.08. The molecule has 0 radical (unpaired) electrons. The zero-order valence-corrected chi connectivity index (χ0v) is 13.8. The minimum absolute atomic E-state index is 0.00145. The minimum atomic E-state index is -0.00145. The molecule has 4 nitrogen and oxygen atoms in total. The number of rotatable bonds is 7. The van der Waals surface area contributed by atoms with Gasteiger partial charge in [0, 0.05) is 18.1 Å². The fourth-order valence-electron chi connectivity index (χ4n) is 2.67. The highest BCUT2D eigenvalue weighted by Gasteiger charge is 2.17. The van der Waals surface area contributed by atoms with Gasteiger partial charge in [-0.1, -0.05) is 19.3 Å². The normalized spacial score (nSPS) is 17.4. The Labute approximate surface area is 124 Å². The third kappa shape index (κ3) is 7.85. The maximum atomic E-state index is 11.6. The van der Waals surface area contributed by atoms with Gasteiger partial charge in [0.2, 0.25) is 5.91 Å². The van der Waals surface area contributed by atoms with Gasteiger partial charge in [-0.05, 0) is 53.6 Å². The first-order valence-corrected chi connectivity index (χ1v) is 8.10. The Kier molecular flexibility index (Phi) is 7.52. The molecule has 0 spiro atoms. The van der Waals surface area contributed by atoms with Crippen LogP contribution < -0.4 is 10.6 Å². The highest BCUT2D eigenvalue weighted by molar-refractivity contribution is 5.78. The molecule has 1 aliphatic rings. The molecule has 1 amide bonds. The number of amides is 1. The molecule has 0 aromatic carbocycles. The van der Waals surface area contributed by atoms with Crippen LogP contribution in [0.15, 0.2) is 0 Å². The van der Waals surface area contributed by atoms with Crippen LogP contribution in [0.4, 0.5) is 0 Å². The SMILES string of the molecule is CN(CCCNC(=O)CNC(C)(C)C)C1CCCCC1. The molecule has 0 atom stereocenters. The fourth-order valence-corrected chi connectivity index (χ4v) is 2.67. The quantitative estimate of drug-likeness (QED) is 0.704. The van der Waals surface area contributed by atoms with Crippen molar-refractivity contribution in [1.29, 1.82) is 0 Å². The molecule has 0 aliphatic heterocycles. The van der Waals surface area contributed by atoms with Gasteiger partial charge in [0.25, 0.3) is 0 Å². The standard InChI is InChI=1S/C16H33N3O/c1-16(2,3)18-13-15(20)17-11-8-12-19(4)14-9-6-5-7-10-14/h14,18H,5-13H2,1-4H3,(H,17,20). The Hall–Kier alpha value is -0.610. The number of hydrogen-bond donors (Lipinski definition) is 2. The Morgan fingerprint density at radius 1 is 1.20 bits per heavy atom. The van der Waals surface area contributed by atoms with Crippen LogP contribution in [0, 0.1) is 0 Å². The number of carbonyl (C=O) groups is 1. The van der Waals surface area contributed by atoms with Gasteiger partial charge in [0.05, 0.1) is 6.54 Å². The van der Waals surface area contributed by atoms with Crippen LogP contribution in [0.3, 0.4) is 0 Å². The summed E-state index contributed by atoms with van der Waals surface area (Å²) in [6, 6.07) is 0.766. The van der Waals surface area contributed by atoms with Crippen molar-refractivity contribution >= 4 is 5.91 Å².